The Labute approximate surface area is 109 Å². The maximum Gasteiger partial charge on any atom is 0.154 e. The van der Waals surface area contributed by atoms with Crippen LogP contribution in [-0.2, 0) is 22.8 Å². The minimum Gasteiger partial charge on any atom is -0.353 e. The van der Waals surface area contributed by atoms with Gasteiger partial charge in [0.25, 0.3) is 0 Å². The number of sulfone groups is 1. The molecule has 0 aromatic carbocycles. The first-order valence-corrected chi connectivity index (χ1v) is 8.27. The van der Waals surface area contributed by atoms with Crippen LogP contribution in [0.25, 0.3) is 0 Å². The van der Waals surface area contributed by atoms with Crippen LogP contribution >= 0.6 is 0 Å². The topological polar surface area (TPSA) is 65.1 Å². The normalized spacial score (nSPS) is 20.1. The Morgan fingerprint density at radius 1 is 1.44 bits per heavy atom. The minimum absolute atomic E-state index is 0.122. The molecule has 4 nitrogen and oxygen atoms in total. The predicted molar refractivity (Wildman–Crippen MR) is 73.2 cm³/mol. The molecule has 1 aliphatic carbocycles. The number of rotatable bonds is 4. The first-order valence-electron chi connectivity index (χ1n) is 6.56. The molecule has 1 heterocycles. The van der Waals surface area contributed by atoms with E-state index in [0.717, 1.165) is 19.3 Å². The van der Waals surface area contributed by atoms with Crippen molar-refractivity contribution in [3.63, 3.8) is 0 Å². The van der Waals surface area contributed by atoms with Gasteiger partial charge in [0.05, 0.1) is 11.0 Å². The predicted octanol–water partition coefficient (Wildman–Crippen LogP) is 1.65. The molecular weight excluding hydrogens is 248 g/mol. The van der Waals surface area contributed by atoms with Crippen LogP contribution in [0.1, 0.15) is 43.9 Å². The molecule has 0 spiro atoms. The fourth-order valence-electron chi connectivity index (χ4n) is 2.38. The highest BCUT2D eigenvalue weighted by Crippen LogP contribution is 2.28. The highest BCUT2D eigenvalue weighted by Gasteiger charge is 2.20. The molecule has 5 heteroatoms. The van der Waals surface area contributed by atoms with E-state index in [0.29, 0.717) is 6.54 Å². The van der Waals surface area contributed by atoms with E-state index in [1.165, 1.54) is 11.1 Å². The summed E-state index contributed by atoms with van der Waals surface area (Å²) in [5.74, 6) is 0.202. The standard InChI is InChI=1S/C13H22N2O2S/c1-10(2)18(16,17)7-6-15-8-11-4-3-5-13(14)12(11)9-15/h8-10,13H,3-7,14H2,1-2H3. The molecule has 0 saturated heterocycles. The average molecular weight is 270 g/mol. The second-order valence-corrected chi connectivity index (χ2v) is 8.07. The molecule has 1 aromatic heterocycles. The van der Waals surface area contributed by atoms with E-state index in [-0.39, 0.29) is 17.0 Å². The smallest absolute Gasteiger partial charge is 0.154 e. The summed E-state index contributed by atoms with van der Waals surface area (Å²) in [6, 6.07) is 0.122. The molecule has 2 N–H and O–H groups in total. The number of nitrogens with zero attached hydrogens (tertiary/aromatic N) is 1. The molecular formula is C13H22N2O2S. The lowest BCUT2D eigenvalue weighted by Crippen LogP contribution is -2.20. The zero-order chi connectivity index (χ0) is 13.3. The third-order valence-electron chi connectivity index (χ3n) is 3.71. The van der Waals surface area contributed by atoms with Gasteiger partial charge in [-0.1, -0.05) is 0 Å². The van der Waals surface area contributed by atoms with Crippen LogP contribution in [0.15, 0.2) is 12.4 Å². The van der Waals surface area contributed by atoms with Crippen molar-refractivity contribution in [3.05, 3.63) is 23.5 Å². The van der Waals surface area contributed by atoms with Gasteiger partial charge in [-0.25, -0.2) is 8.42 Å². The van der Waals surface area contributed by atoms with E-state index < -0.39 is 9.84 Å². The van der Waals surface area contributed by atoms with E-state index in [1.807, 2.05) is 10.8 Å². The first-order chi connectivity index (χ1) is 8.40. The fraction of sp³-hybridized carbons (Fsp3) is 0.692. The molecule has 1 atom stereocenters. The zero-order valence-electron chi connectivity index (χ0n) is 11.1. The van der Waals surface area contributed by atoms with E-state index in [4.69, 9.17) is 5.73 Å². The van der Waals surface area contributed by atoms with E-state index in [1.54, 1.807) is 13.8 Å². The monoisotopic (exact) mass is 270 g/mol. The summed E-state index contributed by atoms with van der Waals surface area (Å²) >= 11 is 0. The van der Waals surface area contributed by atoms with Crippen LogP contribution in [0.2, 0.25) is 0 Å². The fourth-order valence-corrected chi connectivity index (χ4v) is 3.32. The highest BCUT2D eigenvalue weighted by atomic mass is 32.2. The summed E-state index contributed by atoms with van der Waals surface area (Å²) in [5, 5.41) is -0.301. The Kier molecular flexibility index (Phi) is 3.82. The average Bonchev–Trinajstić information content (AvgIpc) is 2.71. The van der Waals surface area contributed by atoms with Crippen molar-refractivity contribution >= 4 is 9.84 Å². The molecule has 102 valence electrons. The van der Waals surface area contributed by atoms with Crippen molar-refractivity contribution in [3.8, 4) is 0 Å². The van der Waals surface area contributed by atoms with E-state index in [2.05, 4.69) is 6.20 Å². The third-order valence-corrected chi connectivity index (χ3v) is 5.90. The number of aryl methyl sites for hydroxylation is 2. The Morgan fingerprint density at radius 2 is 2.17 bits per heavy atom. The molecule has 0 fully saturated rings. The lowest BCUT2D eigenvalue weighted by Gasteiger charge is -2.17. The molecule has 2 rings (SSSR count). The number of nitrogens with two attached hydrogens (primary N) is 1. The van der Waals surface area contributed by atoms with Gasteiger partial charge in [0.15, 0.2) is 9.84 Å². The number of hydrogen-bond acceptors (Lipinski definition) is 3. The van der Waals surface area contributed by atoms with Crippen LogP contribution < -0.4 is 5.73 Å². The van der Waals surface area contributed by atoms with Gasteiger partial charge in [-0.15, -0.1) is 0 Å². The Balaban J connectivity index is 2.08. The summed E-state index contributed by atoms with van der Waals surface area (Å²) in [7, 11) is -2.96. The first kappa shape index (κ1) is 13.6. The van der Waals surface area contributed by atoms with Crippen LogP contribution in [0.4, 0.5) is 0 Å². The summed E-state index contributed by atoms with van der Waals surface area (Å²) < 4.78 is 25.5. The quantitative estimate of drug-likeness (QED) is 0.904. The SMILES string of the molecule is CC(C)S(=O)(=O)CCn1cc2c(c1)C(N)CCC2. The molecule has 0 aliphatic heterocycles. The van der Waals surface area contributed by atoms with Crippen molar-refractivity contribution in [2.24, 2.45) is 5.73 Å². The van der Waals surface area contributed by atoms with Gasteiger partial charge in [0, 0.05) is 25.0 Å². The molecule has 0 saturated carbocycles. The second kappa shape index (κ2) is 5.05. The second-order valence-electron chi connectivity index (χ2n) is 5.39. The van der Waals surface area contributed by atoms with Gasteiger partial charge in [0.1, 0.15) is 0 Å². The maximum atomic E-state index is 11.8. The third kappa shape index (κ3) is 2.78. The van der Waals surface area contributed by atoms with E-state index >= 15 is 0 Å². The molecule has 1 aliphatic rings. The maximum absolute atomic E-state index is 11.8. The van der Waals surface area contributed by atoms with Crippen LogP contribution in [0, 0.1) is 0 Å². The lowest BCUT2D eigenvalue weighted by molar-refractivity contribution is 0.573. The minimum atomic E-state index is -2.96. The van der Waals surface area contributed by atoms with Gasteiger partial charge in [-0.3, -0.25) is 0 Å². The molecule has 0 radical (unpaired) electrons. The molecule has 0 amide bonds. The summed E-state index contributed by atoms with van der Waals surface area (Å²) in [5.41, 5.74) is 8.54. The van der Waals surface area contributed by atoms with Gasteiger partial charge >= 0.3 is 0 Å². The summed E-state index contributed by atoms with van der Waals surface area (Å²) in [6.07, 6.45) is 7.30. The van der Waals surface area contributed by atoms with Gasteiger partial charge < -0.3 is 10.3 Å². The lowest BCUT2D eigenvalue weighted by atomic mass is 9.92. The van der Waals surface area contributed by atoms with Crippen LogP contribution in [-0.4, -0.2) is 24.0 Å². The largest absolute Gasteiger partial charge is 0.353 e. The van der Waals surface area contributed by atoms with Gasteiger partial charge in [0.2, 0.25) is 0 Å². The van der Waals surface area contributed by atoms with Crippen molar-refractivity contribution in [1.29, 1.82) is 0 Å². The highest BCUT2D eigenvalue weighted by molar-refractivity contribution is 7.91. The summed E-state index contributed by atoms with van der Waals surface area (Å²) in [6.45, 7) is 3.98. The Morgan fingerprint density at radius 3 is 2.78 bits per heavy atom. The van der Waals surface area contributed by atoms with Gasteiger partial charge in [-0.05, 0) is 44.2 Å². The summed E-state index contributed by atoms with van der Waals surface area (Å²) in [4.78, 5) is 0. The Hall–Kier alpha value is -0.810. The van der Waals surface area contributed by atoms with E-state index in [9.17, 15) is 8.42 Å². The van der Waals surface area contributed by atoms with Crippen molar-refractivity contribution < 1.29 is 8.42 Å². The van der Waals surface area contributed by atoms with Crippen LogP contribution in [0.3, 0.4) is 0 Å². The molecule has 1 aromatic rings. The molecule has 18 heavy (non-hydrogen) atoms. The zero-order valence-corrected chi connectivity index (χ0v) is 11.9. The molecule has 0 bridgehead atoms. The van der Waals surface area contributed by atoms with Gasteiger partial charge in [-0.2, -0.15) is 0 Å². The van der Waals surface area contributed by atoms with Crippen molar-refractivity contribution in [2.45, 2.75) is 50.9 Å². The van der Waals surface area contributed by atoms with Crippen LogP contribution in [0.5, 0.6) is 0 Å². The van der Waals surface area contributed by atoms with Crippen molar-refractivity contribution in [1.82, 2.24) is 4.57 Å². The molecule has 1 unspecified atom stereocenters. The number of fused-ring (bicyclic) bond motifs is 1. The number of aromatic nitrogens is 1. The van der Waals surface area contributed by atoms with Crippen molar-refractivity contribution in [2.75, 3.05) is 5.75 Å². The number of hydrogen-bond donors (Lipinski definition) is 1. The Bertz CT molecular complexity index is 517.